The van der Waals surface area contributed by atoms with Crippen LogP contribution in [0, 0.1) is 0 Å². The number of halogens is 2. The molecular formula is C17H15Cl2NO4. The number of nitrogens with one attached hydrogen (secondary N) is 1. The first kappa shape index (κ1) is 18.3. The highest BCUT2D eigenvalue weighted by Gasteiger charge is 2.13. The number of para-hydroxylation sites is 1. The number of hydrogen-bond acceptors (Lipinski definition) is 4. The highest BCUT2D eigenvalue weighted by atomic mass is 35.5. The van der Waals surface area contributed by atoms with Crippen LogP contribution in [-0.2, 0) is 20.9 Å². The van der Waals surface area contributed by atoms with E-state index < -0.39 is 18.5 Å². The van der Waals surface area contributed by atoms with E-state index in [0.29, 0.717) is 22.2 Å². The molecule has 0 atom stereocenters. The molecule has 0 aliphatic heterocycles. The van der Waals surface area contributed by atoms with Crippen LogP contribution in [0.3, 0.4) is 0 Å². The Labute approximate surface area is 149 Å². The Morgan fingerprint density at radius 1 is 1.08 bits per heavy atom. The van der Waals surface area contributed by atoms with Crippen molar-refractivity contribution in [3.63, 3.8) is 0 Å². The number of ether oxygens (including phenoxy) is 2. The molecule has 2 aromatic carbocycles. The number of carbonyl (C=O) groups is 2. The Balaban J connectivity index is 1.94. The smallest absolute Gasteiger partial charge is 0.338 e. The maximum absolute atomic E-state index is 12.0. The van der Waals surface area contributed by atoms with Crippen LogP contribution in [-0.4, -0.2) is 25.6 Å². The van der Waals surface area contributed by atoms with Gasteiger partial charge in [-0.1, -0.05) is 41.4 Å². The molecule has 2 aromatic rings. The molecule has 126 valence electrons. The van der Waals surface area contributed by atoms with Crippen molar-refractivity contribution in [2.24, 2.45) is 0 Å². The molecule has 0 aliphatic carbocycles. The van der Waals surface area contributed by atoms with E-state index in [9.17, 15) is 9.59 Å². The van der Waals surface area contributed by atoms with E-state index in [1.807, 2.05) is 6.07 Å². The number of benzene rings is 2. The Hall–Kier alpha value is -2.08. The van der Waals surface area contributed by atoms with Crippen LogP contribution in [0.1, 0.15) is 15.9 Å². The van der Waals surface area contributed by atoms with Crippen LogP contribution >= 0.6 is 23.2 Å². The summed E-state index contributed by atoms with van der Waals surface area (Å²) in [6.45, 7) is -0.0680. The number of methoxy groups -OCH3 is 1. The van der Waals surface area contributed by atoms with Gasteiger partial charge in [-0.2, -0.15) is 0 Å². The standard InChI is InChI=1S/C17H15Cl2NO4/c1-23-9-11-4-2-5-12(8-11)17(22)24-10-15(21)20-16-13(18)6-3-7-14(16)19/h2-8H,9-10H2,1H3,(H,20,21). The molecule has 7 heteroatoms. The summed E-state index contributed by atoms with van der Waals surface area (Å²) in [4.78, 5) is 23.9. The summed E-state index contributed by atoms with van der Waals surface area (Å²) in [6, 6.07) is 11.6. The normalized spacial score (nSPS) is 10.3. The molecule has 0 aromatic heterocycles. The molecule has 0 bridgehead atoms. The third kappa shape index (κ3) is 4.96. The predicted octanol–water partition coefficient (Wildman–Crippen LogP) is 3.94. The lowest BCUT2D eigenvalue weighted by Crippen LogP contribution is -2.21. The van der Waals surface area contributed by atoms with Crippen LogP contribution < -0.4 is 5.32 Å². The second-order valence-corrected chi connectivity index (χ2v) is 5.67. The highest BCUT2D eigenvalue weighted by molar-refractivity contribution is 6.39. The number of rotatable bonds is 6. The van der Waals surface area contributed by atoms with Crippen molar-refractivity contribution in [3.8, 4) is 0 Å². The molecule has 0 fully saturated rings. The SMILES string of the molecule is COCc1cccc(C(=O)OCC(=O)Nc2c(Cl)cccc2Cl)c1. The Morgan fingerprint density at radius 2 is 1.75 bits per heavy atom. The van der Waals surface area contributed by atoms with Crippen LogP contribution in [0.2, 0.25) is 10.0 Å². The number of amides is 1. The summed E-state index contributed by atoms with van der Waals surface area (Å²) in [6.07, 6.45) is 0. The topological polar surface area (TPSA) is 64.6 Å². The average molecular weight is 368 g/mol. The van der Waals surface area contributed by atoms with Crippen LogP contribution in [0.4, 0.5) is 5.69 Å². The van der Waals surface area contributed by atoms with Crippen molar-refractivity contribution in [2.75, 3.05) is 19.0 Å². The molecule has 0 unspecified atom stereocenters. The van der Waals surface area contributed by atoms with Crippen molar-refractivity contribution in [2.45, 2.75) is 6.61 Å². The van der Waals surface area contributed by atoms with Gasteiger partial charge in [-0.15, -0.1) is 0 Å². The van der Waals surface area contributed by atoms with Gasteiger partial charge >= 0.3 is 5.97 Å². The minimum Gasteiger partial charge on any atom is -0.452 e. The van der Waals surface area contributed by atoms with Crippen molar-refractivity contribution >= 4 is 40.8 Å². The third-order valence-electron chi connectivity index (χ3n) is 3.04. The first-order valence-corrected chi connectivity index (χ1v) is 7.75. The number of esters is 1. The fourth-order valence-electron chi connectivity index (χ4n) is 1.96. The molecule has 0 saturated carbocycles. The number of hydrogen-bond donors (Lipinski definition) is 1. The molecular weight excluding hydrogens is 353 g/mol. The van der Waals surface area contributed by atoms with E-state index >= 15 is 0 Å². The highest BCUT2D eigenvalue weighted by Crippen LogP contribution is 2.29. The summed E-state index contributed by atoms with van der Waals surface area (Å²) in [5.41, 5.74) is 1.45. The predicted molar refractivity (Wildman–Crippen MR) is 92.5 cm³/mol. The zero-order valence-electron chi connectivity index (χ0n) is 12.8. The lowest BCUT2D eigenvalue weighted by atomic mass is 10.1. The number of anilines is 1. The Morgan fingerprint density at radius 3 is 2.42 bits per heavy atom. The lowest BCUT2D eigenvalue weighted by molar-refractivity contribution is -0.119. The van der Waals surface area contributed by atoms with E-state index in [-0.39, 0.29) is 5.69 Å². The van der Waals surface area contributed by atoms with Gasteiger partial charge in [0, 0.05) is 7.11 Å². The summed E-state index contributed by atoms with van der Waals surface area (Å²) in [5.74, 6) is -1.14. The fourth-order valence-corrected chi connectivity index (χ4v) is 2.45. The van der Waals surface area contributed by atoms with Gasteiger partial charge in [0.05, 0.1) is 27.9 Å². The molecule has 0 radical (unpaired) electrons. The van der Waals surface area contributed by atoms with Gasteiger partial charge in [0.2, 0.25) is 0 Å². The molecule has 2 rings (SSSR count). The second kappa shape index (κ2) is 8.68. The molecule has 5 nitrogen and oxygen atoms in total. The van der Waals surface area contributed by atoms with Gasteiger partial charge in [0.25, 0.3) is 5.91 Å². The van der Waals surface area contributed by atoms with Gasteiger partial charge < -0.3 is 14.8 Å². The van der Waals surface area contributed by atoms with Crippen molar-refractivity contribution < 1.29 is 19.1 Å². The zero-order valence-corrected chi connectivity index (χ0v) is 14.4. The fraction of sp³-hybridized carbons (Fsp3) is 0.176. The van der Waals surface area contributed by atoms with Gasteiger partial charge in [0.1, 0.15) is 0 Å². The van der Waals surface area contributed by atoms with Crippen LogP contribution in [0.5, 0.6) is 0 Å². The monoisotopic (exact) mass is 367 g/mol. The first-order chi connectivity index (χ1) is 11.5. The number of carbonyl (C=O) groups excluding carboxylic acids is 2. The third-order valence-corrected chi connectivity index (χ3v) is 3.67. The zero-order chi connectivity index (χ0) is 17.5. The Bertz CT molecular complexity index is 729. The molecule has 0 heterocycles. The van der Waals surface area contributed by atoms with E-state index in [1.54, 1.807) is 43.5 Å². The van der Waals surface area contributed by atoms with Gasteiger partial charge in [-0.25, -0.2) is 4.79 Å². The summed E-state index contributed by atoms with van der Waals surface area (Å²) < 4.78 is 10.0. The quantitative estimate of drug-likeness (QED) is 0.785. The maximum Gasteiger partial charge on any atom is 0.338 e. The minimum absolute atomic E-state index is 0.281. The Kier molecular flexibility index (Phi) is 6.61. The van der Waals surface area contributed by atoms with E-state index in [1.165, 1.54) is 0 Å². The average Bonchev–Trinajstić information content (AvgIpc) is 2.57. The first-order valence-electron chi connectivity index (χ1n) is 7.00. The molecule has 1 amide bonds. The van der Waals surface area contributed by atoms with E-state index in [2.05, 4.69) is 5.32 Å². The maximum atomic E-state index is 12.0. The summed E-state index contributed by atoms with van der Waals surface area (Å²) in [7, 11) is 1.56. The van der Waals surface area contributed by atoms with Crippen molar-refractivity contribution in [1.82, 2.24) is 0 Å². The molecule has 0 aliphatic rings. The minimum atomic E-state index is -0.603. The van der Waals surface area contributed by atoms with E-state index in [0.717, 1.165) is 5.56 Å². The largest absolute Gasteiger partial charge is 0.452 e. The van der Waals surface area contributed by atoms with Gasteiger partial charge in [0.15, 0.2) is 6.61 Å². The second-order valence-electron chi connectivity index (χ2n) is 4.85. The van der Waals surface area contributed by atoms with Crippen LogP contribution in [0.15, 0.2) is 42.5 Å². The van der Waals surface area contributed by atoms with Crippen LogP contribution in [0.25, 0.3) is 0 Å². The summed E-state index contributed by atoms with van der Waals surface area (Å²) in [5, 5.41) is 3.12. The molecule has 24 heavy (non-hydrogen) atoms. The van der Waals surface area contributed by atoms with E-state index in [4.69, 9.17) is 32.7 Å². The lowest BCUT2D eigenvalue weighted by Gasteiger charge is -2.10. The molecule has 0 spiro atoms. The molecule has 0 saturated heterocycles. The van der Waals surface area contributed by atoms with Crippen molar-refractivity contribution in [1.29, 1.82) is 0 Å². The molecule has 1 N–H and O–H groups in total. The van der Waals surface area contributed by atoms with Crippen molar-refractivity contribution in [3.05, 3.63) is 63.6 Å². The van der Waals surface area contributed by atoms with Gasteiger partial charge in [-0.3, -0.25) is 4.79 Å². The van der Waals surface area contributed by atoms with Gasteiger partial charge in [-0.05, 0) is 29.8 Å². The summed E-state index contributed by atoms with van der Waals surface area (Å²) >= 11 is 11.9.